The van der Waals surface area contributed by atoms with Gasteiger partial charge in [-0.05, 0) is 80.5 Å². The Morgan fingerprint density at radius 1 is 0.967 bits per heavy atom. The Morgan fingerprint density at radius 2 is 1.67 bits per heavy atom. The molecule has 4 nitrogen and oxygen atoms in total. The number of likely N-dealkylation sites (tertiary alicyclic amines) is 1. The fourth-order valence-electron chi connectivity index (χ4n) is 4.22. The summed E-state index contributed by atoms with van der Waals surface area (Å²) in [4.78, 5) is 14.9. The van der Waals surface area contributed by atoms with Crippen LogP contribution in [0, 0.1) is 5.92 Å². The topological polar surface area (TPSA) is 44.4 Å². The molecule has 0 saturated carbocycles. The average Bonchev–Trinajstić information content (AvgIpc) is 2.76. The van der Waals surface area contributed by atoms with Crippen molar-refractivity contribution >= 4 is 29.1 Å². The number of rotatable bonds is 11. The fourth-order valence-corrected chi connectivity index (χ4v) is 4.22. The molecule has 1 amide bonds. The summed E-state index contributed by atoms with van der Waals surface area (Å²) in [5.41, 5.74) is 1.14. The fraction of sp³-hybridized carbons (Fsp3) is 0.560. The molecule has 0 bridgehead atoms. The molecule has 5 heteroatoms. The zero-order chi connectivity index (χ0) is 20.3. The van der Waals surface area contributed by atoms with Crippen molar-refractivity contribution in [2.75, 3.05) is 39.3 Å². The molecule has 2 aromatic rings. The van der Waals surface area contributed by atoms with Gasteiger partial charge in [-0.2, -0.15) is 0 Å². The summed E-state index contributed by atoms with van der Waals surface area (Å²) in [6.07, 6.45) is 6.43. The molecule has 1 aliphatic rings. The van der Waals surface area contributed by atoms with Crippen LogP contribution >= 0.6 is 12.4 Å². The molecule has 3 rings (SSSR count). The van der Waals surface area contributed by atoms with E-state index >= 15 is 0 Å². The van der Waals surface area contributed by atoms with Gasteiger partial charge in [0.05, 0.1) is 6.42 Å². The predicted octanol–water partition coefficient (Wildman–Crippen LogP) is 4.41. The van der Waals surface area contributed by atoms with Crippen LogP contribution in [0.5, 0.6) is 0 Å². The van der Waals surface area contributed by atoms with Crippen LogP contribution in [0.4, 0.5) is 0 Å². The largest absolute Gasteiger partial charge is 0.342 e. The van der Waals surface area contributed by atoms with Gasteiger partial charge in [-0.15, -0.1) is 12.4 Å². The molecule has 2 N–H and O–H groups in total. The first kappa shape index (κ1) is 24.6. The highest BCUT2D eigenvalue weighted by Crippen LogP contribution is 2.21. The first-order valence-electron chi connectivity index (χ1n) is 11.4. The molecule has 0 radical (unpaired) electrons. The van der Waals surface area contributed by atoms with E-state index in [1.165, 1.54) is 30.0 Å². The summed E-state index contributed by atoms with van der Waals surface area (Å²) < 4.78 is 0. The van der Waals surface area contributed by atoms with Crippen molar-refractivity contribution in [3.63, 3.8) is 0 Å². The standard InChI is InChI=1S/C25H37N3O.ClH/c1-2-14-26-15-5-6-16-27-20-21-12-17-28(18-13-21)25(29)19-23-10-7-9-22-8-3-4-11-24(22)23;/h3-4,7-11,21,26-27H,2,5-6,12-20H2,1H3;1H. The second-order valence-corrected chi connectivity index (χ2v) is 8.30. The number of hydrogen-bond donors (Lipinski definition) is 2. The van der Waals surface area contributed by atoms with E-state index in [4.69, 9.17) is 0 Å². The molecule has 1 saturated heterocycles. The van der Waals surface area contributed by atoms with Crippen LogP contribution in [-0.4, -0.2) is 50.1 Å². The van der Waals surface area contributed by atoms with E-state index in [9.17, 15) is 4.79 Å². The van der Waals surface area contributed by atoms with Crippen LogP contribution in [-0.2, 0) is 11.2 Å². The highest BCUT2D eigenvalue weighted by Gasteiger charge is 2.22. The molecule has 2 aromatic carbocycles. The molecule has 1 fully saturated rings. The van der Waals surface area contributed by atoms with Crippen LogP contribution in [0.25, 0.3) is 10.8 Å². The number of carbonyl (C=O) groups is 1. The van der Waals surface area contributed by atoms with Gasteiger partial charge in [-0.1, -0.05) is 49.4 Å². The molecule has 0 unspecified atom stereocenters. The molecule has 0 aromatic heterocycles. The van der Waals surface area contributed by atoms with Crippen LogP contribution < -0.4 is 10.6 Å². The first-order valence-corrected chi connectivity index (χ1v) is 11.4. The Hall–Kier alpha value is -1.62. The number of carbonyl (C=O) groups excluding carboxylic acids is 1. The summed E-state index contributed by atoms with van der Waals surface area (Å²) in [6, 6.07) is 14.6. The molecule has 0 atom stereocenters. The third-order valence-corrected chi connectivity index (χ3v) is 6.01. The number of nitrogens with zero attached hydrogens (tertiary/aromatic N) is 1. The quantitative estimate of drug-likeness (QED) is 0.518. The van der Waals surface area contributed by atoms with Gasteiger partial charge >= 0.3 is 0 Å². The molecule has 166 valence electrons. The van der Waals surface area contributed by atoms with E-state index in [0.717, 1.165) is 57.7 Å². The summed E-state index contributed by atoms with van der Waals surface area (Å²) in [7, 11) is 0. The van der Waals surface area contributed by atoms with E-state index in [1.54, 1.807) is 0 Å². The van der Waals surface area contributed by atoms with Crippen molar-refractivity contribution in [1.82, 2.24) is 15.5 Å². The predicted molar refractivity (Wildman–Crippen MR) is 129 cm³/mol. The SMILES string of the molecule is CCCNCCCCNCC1CCN(C(=O)Cc2cccc3ccccc23)CC1.Cl. The van der Waals surface area contributed by atoms with Crippen molar-refractivity contribution in [2.45, 2.75) is 45.4 Å². The van der Waals surface area contributed by atoms with Crippen LogP contribution in [0.1, 0.15) is 44.6 Å². The number of piperidine rings is 1. The number of halogens is 1. The Bertz CT molecular complexity index is 754. The second-order valence-electron chi connectivity index (χ2n) is 8.30. The van der Waals surface area contributed by atoms with E-state index < -0.39 is 0 Å². The molecule has 1 heterocycles. The summed E-state index contributed by atoms with van der Waals surface area (Å²) in [5, 5.41) is 9.48. The maximum absolute atomic E-state index is 12.8. The molecule has 30 heavy (non-hydrogen) atoms. The minimum Gasteiger partial charge on any atom is -0.342 e. The lowest BCUT2D eigenvalue weighted by molar-refractivity contribution is -0.131. The number of unbranched alkanes of at least 4 members (excludes halogenated alkanes) is 1. The normalized spacial score (nSPS) is 14.6. The van der Waals surface area contributed by atoms with Crippen LogP contribution in [0.3, 0.4) is 0 Å². The summed E-state index contributed by atoms with van der Waals surface area (Å²) >= 11 is 0. The van der Waals surface area contributed by atoms with Gasteiger partial charge in [0.1, 0.15) is 0 Å². The zero-order valence-electron chi connectivity index (χ0n) is 18.4. The van der Waals surface area contributed by atoms with Gasteiger partial charge in [-0.25, -0.2) is 0 Å². The molecule has 1 aliphatic heterocycles. The lowest BCUT2D eigenvalue weighted by atomic mass is 9.95. The molecule has 0 spiro atoms. The minimum atomic E-state index is 0. The maximum Gasteiger partial charge on any atom is 0.227 e. The number of nitrogens with one attached hydrogen (secondary N) is 2. The highest BCUT2D eigenvalue weighted by molar-refractivity contribution is 5.90. The van der Waals surface area contributed by atoms with E-state index in [1.807, 2.05) is 0 Å². The summed E-state index contributed by atoms with van der Waals surface area (Å²) in [5.74, 6) is 0.974. The first-order chi connectivity index (χ1) is 14.3. The monoisotopic (exact) mass is 431 g/mol. The Labute approximate surface area is 188 Å². The third-order valence-electron chi connectivity index (χ3n) is 6.01. The lowest BCUT2D eigenvalue weighted by Crippen LogP contribution is -2.41. The number of amides is 1. The van der Waals surface area contributed by atoms with E-state index in [2.05, 4.69) is 64.9 Å². The van der Waals surface area contributed by atoms with Crippen molar-refractivity contribution in [3.8, 4) is 0 Å². The number of fused-ring (bicyclic) bond motifs is 1. The number of hydrogen-bond acceptors (Lipinski definition) is 3. The molecular weight excluding hydrogens is 394 g/mol. The molecule has 0 aliphatic carbocycles. The van der Waals surface area contributed by atoms with Gasteiger partial charge in [0, 0.05) is 13.1 Å². The van der Waals surface area contributed by atoms with Gasteiger partial charge in [-0.3, -0.25) is 4.79 Å². The smallest absolute Gasteiger partial charge is 0.227 e. The van der Waals surface area contributed by atoms with Crippen LogP contribution in [0.15, 0.2) is 42.5 Å². The van der Waals surface area contributed by atoms with Crippen molar-refractivity contribution in [2.24, 2.45) is 5.92 Å². The van der Waals surface area contributed by atoms with Gasteiger partial charge in [0.15, 0.2) is 0 Å². The zero-order valence-corrected chi connectivity index (χ0v) is 19.2. The summed E-state index contributed by atoms with van der Waals surface area (Å²) in [6.45, 7) is 8.46. The van der Waals surface area contributed by atoms with Gasteiger partial charge in [0.2, 0.25) is 5.91 Å². The lowest BCUT2D eigenvalue weighted by Gasteiger charge is -2.32. The maximum atomic E-state index is 12.8. The second kappa shape index (κ2) is 13.6. The molecular formula is C25H38ClN3O. The van der Waals surface area contributed by atoms with Gasteiger partial charge < -0.3 is 15.5 Å². The minimum absolute atomic E-state index is 0. The van der Waals surface area contributed by atoms with E-state index in [0.29, 0.717) is 12.3 Å². The van der Waals surface area contributed by atoms with E-state index in [-0.39, 0.29) is 18.3 Å². The van der Waals surface area contributed by atoms with Crippen LogP contribution in [0.2, 0.25) is 0 Å². The Morgan fingerprint density at radius 3 is 2.43 bits per heavy atom. The number of benzene rings is 2. The van der Waals surface area contributed by atoms with Crippen molar-refractivity contribution in [1.29, 1.82) is 0 Å². The Balaban J connectivity index is 0.00000320. The van der Waals surface area contributed by atoms with Crippen molar-refractivity contribution < 1.29 is 4.79 Å². The Kier molecular flexibility index (Phi) is 11.2. The third kappa shape index (κ3) is 7.57. The van der Waals surface area contributed by atoms with Crippen molar-refractivity contribution in [3.05, 3.63) is 48.0 Å². The highest BCUT2D eigenvalue weighted by atomic mass is 35.5. The van der Waals surface area contributed by atoms with Gasteiger partial charge in [0.25, 0.3) is 0 Å². The average molecular weight is 432 g/mol.